The smallest absolute Gasteiger partial charge is 0.275 e. The van der Waals surface area contributed by atoms with Gasteiger partial charge in [-0.2, -0.15) is 0 Å². The molecule has 0 radical (unpaired) electrons. The second kappa shape index (κ2) is 4.97. The first-order valence-corrected chi connectivity index (χ1v) is 6.34. The minimum atomic E-state index is -0.495. The Balaban J connectivity index is 2.00. The maximum Gasteiger partial charge on any atom is 0.275 e. The zero-order valence-electron chi connectivity index (χ0n) is 9.89. The molecule has 8 heteroatoms. The molecule has 0 aliphatic heterocycles. The van der Waals surface area contributed by atoms with Gasteiger partial charge in [-0.05, 0) is 15.9 Å². The topological polar surface area (TPSA) is 83.6 Å². The monoisotopic (exact) mass is 335 g/mol. The van der Waals surface area contributed by atoms with Crippen molar-refractivity contribution < 1.29 is 9.18 Å². The van der Waals surface area contributed by atoms with Gasteiger partial charge in [-0.15, -0.1) is 0 Å². The highest BCUT2D eigenvalue weighted by atomic mass is 79.9. The number of hydrogen-bond acceptors (Lipinski definition) is 4. The summed E-state index contributed by atoms with van der Waals surface area (Å²) >= 11 is 3.06. The molecule has 0 aromatic carbocycles. The number of anilines is 1. The van der Waals surface area contributed by atoms with Crippen molar-refractivity contribution in [3.8, 4) is 0 Å². The van der Waals surface area contributed by atoms with E-state index in [0.717, 1.165) is 0 Å². The first-order valence-electron chi connectivity index (χ1n) is 5.55. The number of carbonyl (C=O) groups is 1. The number of fused-ring (bicyclic) bond motifs is 1. The largest absolute Gasteiger partial charge is 0.344 e. The van der Waals surface area contributed by atoms with Crippen molar-refractivity contribution in [1.29, 1.82) is 0 Å². The minimum Gasteiger partial charge on any atom is -0.344 e. The molecular weight excluding hydrogens is 329 g/mol. The summed E-state index contributed by atoms with van der Waals surface area (Å²) in [4.78, 5) is 26.5. The van der Waals surface area contributed by atoms with Crippen molar-refractivity contribution in [2.75, 3.05) is 5.32 Å². The molecule has 0 fully saturated rings. The van der Waals surface area contributed by atoms with E-state index in [9.17, 15) is 9.18 Å². The fourth-order valence-corrected chi connectivity index (χ4v) is 2.04. The van der Waals surface area contributed by atoms with Gasteiger partial charge in [0.1, 0.15) is 11.3 Å². The molecule has 0 unspecified atom stereocenters. The van der Waals surface area contributed by atoms with E-state index >= 15 is 0 Å². The summed E-state index contributed by atoms with van der Waals surface area (Å²) in [6.07, 6.45) is 7.02. The molecule has 100 valence electrons. The molecule has 3 rings (SSSR count). The molecule has 0 spiro atoms. The molecule has 0 saturated heterocycles. The number of nitrogens with zero attached hydrogens (tertiary/aromatic N) is 3. The summed E-state index contributed by atoms with van der Waals surface area (Å²) < 4.78 is 14.3. The van der Waals surface area contributed by atoms with Crippen LogP contribution in [0.25, 0.3) is 11.0 Å². The summed E-state index contributed by atoms with van der Waals surface area (Å²) in [6.45, 7) is 0. The second-order valence-corrected chi connectivity index (χ2v) is 4.75. The summed E-state index contributed by atoms with van der Waals surface area (Å²) in [5, 5.41) is 2.78. The third-order valence-electron chi connectivity index (χ3n) is 2.64. The summed E-state index contributed by atoms with van der Waals surface area (Å²) in [5.74, 6) is -0.968. The van der Waals surface area contributed by atoms with Crippen molar-refractivity contribution in [3.05, 3.63) is 47.0 Å². The summed E-state index contributed by atoms with van der Waals surface area (Å²) in [6, 6.07) is 0. The average molecular weight is 336 g/mol. The number of hydrogen-bond donors (Lipinski definition) is 2. The third kappa shape index (κ3) is 2.14. The Morgan fingerprint density at radius 2 is 2.15 bits per heavy atom. The van der Waals surface area contributed by atoms with Gasteiger partial charge in [-0.25, -0.2) is 14.4 Å². The van der Waals surface area contributed by atoms with E-state index in [-0.39, 0.29) is 15.6 Å². The van der Waals surface area contributed by atoms with Crippen LogP contribution in [-0.4, -0.2) is 25.8 Å². The molecule has 2 N–H and O–H groups in total. The second-order valence-electron chi connectivity index (χ2n) is 3.89. The van der Waals surface area contributed by atoms with Crippen LogP contribution in [0, 0.1) is 5.82 Å². The molecule has 0 saturated carbocycles. The lowest BCUT2D eigenvalue weighted by atomic mass is 10.3. The van der Waals surface area contributed by atoms with E-state index in [1.54, 1.807) is 0 Å². The predicted molar refractivity (Wildman–Crippen MR) is 73.7 cm³/mol. The fourth-order valence-electron chi connectivity index (χ4n) is 1.74. The zero-order valence-corrected chi connectivity index (χ0v) is 11.5. The number of amides is 1. The van der Waals surface area contributed by atoms with E-state index < -0.39 is 11.7 Å². The minimum absolute atomic E-state index is 0.144. The van der Waals surface area contributed by atoms with Crippen LogP contribution in [0.4, 0.5) is 10.1 Å². The molecule has 6 nitrogen and oxygen atoms in total. The van der Waals surface area contributed by atoms with Crippen LogP contribution in [0.1, 0.15) is 10.5 Å². The van der Waals surface area contributed by atoms with Crippen LogP contribution in [0.2, 0.25) is 0 Å². The van der Waals surface area contributed by atoms with Crippen molar-refractivity contribution in [1.82, 2.24) is 19.9 Å². The van der Waals surface area contributed by atoms with Crippen LogP contribution >= 0.6 is 15.9 Å². The molecule has 0 aliphatic carbocycles. The molecule has 3 aromatic heterocycles. The standard InChI is InChI=1S/C12H7BrFN5O/c13-6-3-17-11-9(10(6)14)7(5-18-11)19-12(20)8-4-15-1-2-16-8/h1-5H,(H,17,18)(H,19,20). The number of aromatic nitrogens is 4. The number of aromatic amines is 1. The molecule has 1 amide bonds. The normalized spacial score (nSPS) is 10.7. The lowest BCUT2D eigenvalue weighted by Gasteiger charge is -2.03. The van der Waals surface area contributed by atoms with E-state index in [4.69, 9.17) is 0 Å². The van der Waals surface area contributed by atoms with Crippen LogP contribution in [0.5, 0.6) is 0 Å². The van der Waals surface area contributed by atoms with E-state index in [1.807, 2.05) is 0 Å². The maximum atomic E-state index is 14.1. The van der Waals surface area contributed by atoms with E-state index in [1.165, 1.54) is 31.0 Å². The molecule has 3 heterocycles. The van der Waals surface area contributed by atoms with Crippen molar-refractivity contribution >= 4 is 38.6 Å². The van der Waals surface area contributed by atoms with Crippen LogP contribution in [-0.2, 0) is 0 Å². The van der Waals surface area contributed by atoms with Gasteiger partial charge in [-0.3, -0.25) is 9.78 Å². The Morgan fingerprint density at radius 3 is 2.90 bits per heavy atom. The quantitative estimate of drug-likeness (QED) is 0.753. The molecule has 20 heavy (non-hydrogen) atoms. The number of carbonyl (C=O) groups excluding carboxylic acids is 1. The Kier molecular flexibility index (Phi) is 3.15. The maximum absolute atomic E-state index is 14.1. The number of halogens is 2. The van der Waals surface area contributed by atoms with Gasteiger partial charge in [0.05, 0.1) is 21.7 Å². The SMILES string of the molecule is O=C(Nc1c[nH]c2ncc(Br)c(F)c12)c1cnccn1. The summed E-state index contributed by atoms with van der Waals surface area (Å²) in [7, 11) is 0. The number of rotatable bonds is 2. The first kappa shape index (κ1) is 12.7. The van der Waals surface area contributed by atoms with Gasteiger partial charge >= 0.3 is 0 Å². The first-order chi connectivity index (χ1) is 9.66. The van der Waals surface area contributed by atoms with Gasteiger partial charge in [0, 0.05) is 24.8 Å². The van der Waals surface area contributed by atoms with Crippen LogP contribution in [0.15, 0.2) is 35.5 Å². The lowest BCUT2D eigenvalue weighted by molar-refractivity contribution is 0.102. The van der Waals surface area contributed by atoms with Gasteiger partial charge in [0.25, 0.3) is 5.91 Å². The molecular formula is C12H7BrFN5O. The third-order valence-corrected chi connectivity index (χ3v) is 3.19. The summed E-state index contributed by atoms with van der Waals surface area (Å²) in [5.41, 5.74) is 0.785. The average Bonchev–Trinajstić information content (AvgIpc) is 2.87. The van der Waals surface area contributed by atoms with Gasteiger partial charge in [0.2, 0.25) is 0 Å². The van der Waals surface area contributed by atoms with Gasteiger partial charge < -0.3 is 10.3 Å². The highest BCUT2D eigenvalue weighted by Gasteiger charge is 2.16. The Bertz CT molecular complexity index is 789. The van der Waals surface area contributed by atoms with Gasteiger partial charge in [0.15, 0.2) is 5.82 Å². The highest BCUT2D eigenvalue weighted by molar-refractivity contribution is 9.10. The predicted octanol–water partition coefficient (Wildman–Crippen LogP) is 2.51. The van der Waals surface area contributed by atoms with Crippen molar-refractivity contribution in [3.63, 3.8) is 0 Å². The molecule has 0 bridgehead atoms. The van der Waals surface area contributed by atoms with E-state index in [2.05, 4.69) is 41.2 Å². The van der Waals surface area contributed by atoms with Crippen molar-refractivity contribution in [2.24, 2.45) is 0 Å². The Hall–Kier alpha value is -2.35. The lowest BCUT2D eigenvalue weighted by Crippen LogP contribution is -2.13. The number of pyridine rings is 1. The van der Waals surface area contributed by atoms with Crippen LogP contribution in [0.3, 0.4) is 0 Å². The number of nitrogens with one attached hydrogen (secondary N) is 2. The van der Waals surface area contributed by atoms with Gasteiger partial charge in [-0.1, -0.05) is 0 Å². The molecule has 0 atom stereocenters. The zero-order chi connectivity index (χ0) is 14.1. The van der Waals surface area contributed by atoms with Crippen LogP contribution < -0.4 is 5.32 Å². The molecule has 3 aromatic rings. The Morgan fingerprint density at radius 1 is 1.30 bits per heavy atom. The highest BCUT2D eigenvalue weighted by Crippen LogP contribution is 2.29. The molecule has 0 aliphatic rings. The van der Waals surface area contributed by atoms with Crippen molar-refractivity contribution in [2.45, 2.75) is 0 Å². The Labute approximate surface area is 120 Å². The van der Waals surface area contributed by atoms with E-state index in [0.29, 0.717) is 11.3 Å². The fraction of sp³-hybridized carbons (Fsp3) is 0. The number of H-pyrrole nitrogens is 1.